The molecule has 2 rings (SSSR count). The summed E-state index contributed by atoms with van der Waals surface area (Å²) in [5.41, 5.74) is 1.63. The quantitative estimate of drug-likeness (QED) is 0.714. The number of pyridine rings is 1. The third-order valence-electron chi connectivity index (χ3n) is 2.32. The van der Waals surface area contributed by atoms with Gasteiger partial charge in [-0.3, -0.25) is 4.98 Å². The van der Waals surface area contributed by atoms with Crippen molar-refractivity contribution >= 4 is 43.5 Å². The summed E-state index contributed by atoms with van der Waals surface area (Å²) in [7, 11) is 0. The Morgan fingerprint density at radius 3 is 2.61 bits per heavy atom. The Kier molecular flexibility index (Phi) is 4.70. The first-order valence-corrected chi connectivity index (χ1v) is 7.42. The van der Waals surface area contributed by atoms with Crippen LogP contribution < -0.4 is 0 Å². The van der Waals surface area contributed by atoms with Gasteiger partial charge in [-0.25, -0.2) is 9.97 Å². The SMILES string of the molecule is CCCc1nc(-c2ccc(Br)cn2)nc(Cl)c1Br. The molecule has 0 amide bonds. The fourth-order valence-electron chi connectivity index (χ4n) is 1.49. The van der Waals surface area contributed by atoms with E-state index < -0.39 is 0 Å². The fraction of sp³-hybridized carbons (Fsp3) is 0.250. The molecule has 2 heterocycles. The molecule has 0 N–H and O–H groups in total. The van der Waals surface area contributed by atoms with Gasteiger partial charge in [0.25, 0.3) is 0 Å². The minimum atomic E-state index is 0.424. The molecule has 0 aliphatic rings. The van der Waals surface area contributed by atoms with Gasteiger partial charge in [-0.15, -0.1) is 0 Å². The van der Waals surface area contributed by atoms with E-state index in [1.165, 1.54) is 0 Å². The molecular formula is C12H10Br2ClN3. The maximum absolute atomic E-state index is 6.10. The molecule has 0 atom stereocenters. The molecule has 0 aliphatic heterocycles. The van der Waals surface area contributed by atoms with Gasteiger partial charge in [-0.1, -0.05) is 24.9 Å². The standard InChI is InChI=1S/C12H10Br2ClN3/c1-2-3-8-10(14)11(15)18-12(17-8)9-5-4-7(13)6-16-9/h4-6H,2-3H2,1H3. The number of halogens is 3. The molecule has 2 aromatic heterocycles. The molecule has 0 spiro atoms. The molecule has 18 heavy (non-hydrogen) atoms. The first-order valence-electron chi connectivity index (χ1n) is 5.45. The summed E-state index contributed by atoms with van der Waals surface area (Å²) < 4.78 is 1.69. The fourth-order valence-corrected chi connectivity index (χ4v) is 2.29. The van der Waals surface area contributed by atoms with Crippen LogP contribution in [0.2, 0.25) is 5.15 Å². The zero-order valence-corrected chi connectivity index (χ0v) is 13.5. The maximum Gasteiger partial charge on any atom is 0.179 e. The second-order valence-electron chi connectivity index (χ2n) is 3.71. The molecule has 0 fully saturated rings. The molecule has 0 unspecified atom stereocenters. The van der Waals surface area contributed by atoms with Crippen molar-refractivity contribution in [3.63, 3.8) is 0 Å². The zero-order chi connectivity index (χ0) is 13.1. The summed E-state index contributed by atoms with van der Waals surface area (Å²) in [5, 5.41) is 0.424. The van der Waals surface area contributed by atoms with E-state index >= 15 is 0 Å². The van der Waals surface area contributed by atoms with Crippen molar-refractivity contribution in [2.24, 2.45) is 0 Å². The van der Waals surface area contributed by atoms with Gasteiger partial charge in [0.15, 0.2) is 5.82 Å². The van der Waals surface area contributed by atoms with Crippen LogP contribution in [0.5, 0.6) is 0 Å². The molecule has 0 aromatic carbocycles. The Balaban J connectivity index is 2.48. The van der Waals surface area contributed by atoms with Crippen molar-refractivity contribution in [1.82, 2.24) is 15.0 Å². The highest BCUT2D eigenvalue weighted by Crippen LogP contribution is 2.27. The third kappa shape index (κ3) is 3.08. The van der Waals surface area contributed by atoms with Crippen molar-refractivity contribution in [1.29, 1.82) is 0 Å². The largest absolute Gasteiger partial charge is 0.252 e. The van der Waals surface area contributed by atoms with Crippen LogP contribution in [0.25, 0.3) is 11.5 Å². The Morgan fingerprint density at radius 2 is 2.00 bits per heavy atom. The van der Waals surface area contributed by atoms with E-state index in [-0.39, 0.29) is 0 Å². The first-order chi connectivity index (χ1) is 8.61. The second kappa shape index (κ2) is 6.08. The van der Waals surface area contributed by atoms with Gasteiger partial charge in [-0.2, -0.15) is 0 Å². The van der Waals surface area contributed by atoms with Crippen LogP contribution >= 0.6 is 43.5 Å². The van der Waals surface area contributed by atoms with Gasteiger partial charge in [0.2, 0.25) is 0 Å². The van der Waals surface area contributed by atoms with Crippen LogP contribution in [0.3, 0.4) is 0 Å². The smallest absolute Gasteiger partial charge is 0.179 e. The van der Waals surface area contributed by atoms with Crippen LogP contribution in [0.1, 0.15) is 19.0 Å². The summed E-state index contributed by atoms with van der Waals surface area (Å²) in [4.78, 5) is 13.0. The minimum Gasteiger partial charge on any atom is -0.252 e. The molecule has 2 aromatic rings. The number of hydrogen-bond donors (Lipinski definition) is 0. The lowest BCUT2D eigenvalue weighted by Gasteiger charge is -2.07. The molecular weight excluding hydrogens is 381 g/mol. The zero-order valence-electron chi connectivity index (χ0n) is 9.62. The Labute approximate surface area is 127 Å². The van der Waals surface area contributed by atoms with Gasteiger partial charge in [0, 0.05) is 10.7 Å². The van der Waals surface area contributed by atoms with Crippen molar-refractivity contribution in [3.05, 3.63) is 38.1 Å². The lowest BCUT2D eigenvalue weighted by atomic mass is 10.2. The van der Waals surface area contributed by atoms with E-state index in [1.807, 2.05) is 12.1 Å². The average molecular weight is 391 g/mol. The first kappa shape index (κ1) is 13.9. The summed E-state index contributed by atoms with van der Waals surface area (Å²) in [6.07, 6.45) is 3.57. The van der Waals surface area contributed by atoms with Crippen LogP contribution in [-0.2, 0) is 6.42 Å². The van der Waals surface area contributed by atoms with Crippen molar-refractivity contribution in [2.45, 2.75) is 19.8 Å². The molecule has 0 saturated carbocycles. The molecule has 0 bridgehead atoms. The average Bonchev–Trinajstić information content (AvgIpc) is 2.36. The van der Waals surface area contributed by atoms with Crippen LogP contribution in [0.4, 0.5) is 0 Å². The van der Waals surface area contributed by atoms with Crippen LogP contribution in [0, 0.1) is 0 Å². The molecule has 6 heteroatoms. The van der Waals surface area contributed by atoms with E-state index in [9.17, 15) is 0 Å². The number of aryl methyl sites for hydroxylation is 1. The Bertz CT molecular complexity index is 558. The molecule has 3 nitrogen and oxygen atoms in total. The normalized spacial score (nSPS) is 10.7. The number of hydrogen-bond acceptors (Lipinski definition) is 3. The van der Waals surface area contributed by atoms with Gasteiger partial charge >= 0.3 is 0 Å². The van der Waals surface area contributed by atoms with Gasteiger partial charge < -0.3 is 0 Å². The highest BCUT2D eigenvalue weighted by Gasteiger charge is 2.12. The topological polar surface area (TPSA) is 38.7 Å². The van der Waals surface area contributed by atoms with Crippen molar-refractivity contribution < 1.29 is 0 Å². The Hall–Kier alpha value is -0.520. The highest BCUT2D eigenvalue weighted by atomic mass is 79.9. The van der Waals surface area contributed by atoms with E-state index in [2.05, 4.69) is 53.7 Å². The van der Waals surface area contributed by atoms with E-state index in [0.717, 1.165) is 27.5 Å². The summed E-state index contributed by atoms with van der Waals surface area (Å²) >= 11 is 12.9. The lowest BCUT2D eigenvalue weighted by Crippen LogP contribution is -1.99. The molecule has 0 saturated heterocycles. The summed E-state index contributed by atoms with van der Waals surface area (Å²) in [6, 6.07) is 3.76. The molecule has 0 aliphatic carbocycles. The predicted molar refractivity (Wildman–Crippen MR) is 79.7 cm³/mol. The van der Waals surface area contributed by atoms with Gasteiger partial charge in [0.1, 0.15) is 10.8 Å². The van der Waals surface area contributed by atoms with E-state index in [1.54, 1.807) is 6.20 Å². The molecule has 0 radical (unpaired) electrons. The van der Waals surface area contributed by atoms with E-state index in [4.69, 9.17) is 11.6 Å². The monoisotopic (exact) mass is 389 g/mol. The van der Waals surface area contributed by atoms with Gasteiger partial charge in [0.05, 0.1) is 10.2 Å². The van der Waals surface area contributed by atoms with Crippen molar-refractivity contribution in [3.8, 4) is 11.5 Å². The second-order valence-corrected chi connectivity index (χ2v) is 5.78. The number of nitrogens with zero attached hydrogens (tertiary/aromatic N) is 3. The van der Waals surface area contributed by atoms with Gasteiger partial charge in [-0.05, 0) is 50.4 Å². The van der Waals surface area contributed by atoms with E-state index in [0.29, 0.717) is 16.7 Å². The predicted octanol–water partition coefficient (Wildman–Crippen LogP) is 4.67. The lowest BCUT2D eigenvalue weighted by molar-refractivity contribution is 0.866. The highest BCUT2D eigenvalue weighted by molar-refractivity contribution is 9.10. The van der Waals surface area contributed by atoms with Crippen molar-refractivity contribution in [2.75, 3.05) is 0 Å². The third-order valence-corrected chi connectivity index (χ3v) is 4.13. The molecule has 94 valence electrons. The summed E-state index contributed by atoms with van der Waals surface area (Å²) in [6.45, 7) is 2.10. The minimum absolute atomic E-state index is 0.424. The van der Waals surface area contributed by atoms with Crippen LogP contribution in [-0.4, -0.2) is 15.0 Å². The Morgan fingerprint density at radius 1 is 1.22 bits per heavy atom. The number of rotatable bonds is 3. The number of aromatic nitrogens is 3. The maximum atomic E-state index is 6.10. The summed E-state index contributed by atoms with van der Waals surface area (Å²) in [5.74, 6) is 0.555. The van der Waals surface area contributed by atoms with Crippen LogP contribution in [0.15, 0.2) is 27.3 Å².